The molecule has 0 aliphatic heterocycles. The maximum Gasteiger partial charge on any atom is 0.387 e. The predicted molar refractivity (Wildman–Crippen MR) is 106 cm³/mol. The average molecular weight is 452 g/mol. The molecular formula is C20H16ClF2N3O5. The smallest absolute Gasteiger partial charge is 0.387 e. The number of carbonyl (C=O) groups excluding carboxylic acids is 2. The largest absolute Gasteiger partial charge is 0.452 e. The van der Waals surface area contributed by atoms with Gasteiger partial charge in [0.25, 0.3) is 11.6 Å². The highest BCUT2D eigenvalue weighted by Crippen LogP contribution is 2.40. The van der Waals surface area contributed by atoms with Gasteiger partial charge in [-0.05, 0) is 44.0 Å². The van der Waals surface area contributed by atoms with E-state index in [-0.39, 0.29) is 33.7 Å². The predicted octanol–water partition coefficient (Wildman–Crippen LogP) is 4.46. The number of benzene rings is 1. The minimum absolute atomic E-state index is 0.107. The maximum absolute atomic E-state index is 12.7. The van der Waals surface area contributed by atoms with Crippen LogP contribution in [-0.2, 0) is 9.53 Å². The van der Waals surface area contributed by atoms with Gasteiger partial charge in [-0.1, -0.05) is 16.8 Å². The molecule has 8 nitrogen and oxygen atoms in total. The van der Waals surface area contributed by atoms with E-state index in [1.54, 1.807) is 13.0 Å². The van der Waals surface area contributed by atoms with Gasteiger partial charge in [-0.2, -0.15) is 8.78 Å². The molecule has 3 aromatic rings. The molecule has 31 heavy (non-hydrogen) atoms. The molecule has 0 spiro atoms. The average Bonchev–Trinajstić information content (AvgIpc) is 3.51. The molecule has 1 fully saturated rings. The molecule has 0 atom stereocenters. The number of esters is 1. The topological polar surface area (TPSA) is 104 Å². The van der Waals surface area contributed by atoms with Crippen LogP contribution in [0.3, 0.4) is 0 Å². The van der Waals surface area contributed by atoms with Gasteiger partial charge in [0, 0.05) is 17.3 Å². The lowest BCUT2D eigenvalue weighted by molar-refractivity contribution is -0.119. The zero-order valence-electron chi connectivity index (χ0n) is 16.2. The number of aryl methyl sites for hydroxylation is 1. The van der Waals surface area contributed by atoms with Crippen molar-refractivity contribution in [1.82, 2.24) is 10.1 Å². The fourth-order valence-electron chi connectivity index (χ4n) is 3.04. The molecule has 1 amide bonds. The lowest BCUT2D eigenvalue weighted by Gasteiger charge is -2.10. The highest BCUT2D eigenvalue weighted by atomic mass is 35.5. The summed E-state index contributed by atoms with van der Waals surface area (Å²) in [4.78, 5) is 29.2. The van der Waals surface area contributed by atoms with Crippen LogP contribution in [0.2, 0.25) is 5.02 Å². The number of amides is 1. The maximum atomic E-state index is 12.7. The number of aromatic nitrogens is 2. The molecule has 1 aliphatic rings. The lowest BCUT2D eigenvalue weighted by atomic mass is 10.1. The monoisotopic (exact) mass is 451 g/mol. The van der Waals surface area contributed by atoms with Gasteiger partial charge in [0.1, 0.15) is 5.75 Å². The third-order valence-corrected chi connectivity index (χ3v) is 4.91. The number of anilines is 1. The van der Waals surface area contributed by atoms with E-state index in [2.05, 4.69) is 20.2 Å². The fraction of sp³-hybridized carbons (Fsp3) is 0.300. The molecule has 0 saturated heterocycles. The highest BCUT2D eigenvalue weighted by molar-refractivity contribution is 6.32. The van der Waals surface area contributed by atoms with E-state index in [1.807, 2.05) is 0 Å². The third-order valence-electron chi connectivity index (χ3n) is 4.62. The number of carbonyl (C=O) groups is 2. The van der Waals surface area contributed by atoms with Gasteiger partial charge in [-0.15, -0.1) is 0 Å². The summed E-state index contributed by atoms with van der Waals surface area (Å²) >= 11 is 5.85. The summed E-state index contributed by atoms with van der Waals surface area (Å²) in [6.45, 7) is -1.91. The van der Waals surface area contributed by atoms with Crippen LogP contribution in [0.4, 0.5) is 14.5 Å². The van der Waals surface area contributed by atoms with Crippen LogP contribution in [0, 0.1) is 6.92 Å². The summed E-state index contributed by atoms with van der Waals surface area (Å²) in [6, 6.07) is 5.41. The normalized spacial score (nSPS) is 13.5. The molecular weight excluding hydrogens is 436 g/mol. The Labute approximate surface area is 179 Å². The molecule has 4 rings (SSSR count). The van der Waals surface area contributed by atoms with Crippen LogP contribution >= 0.6 is 11.6 Å². The Morgan fingerprint density at radius 1 is 1.32 bits per heavy atom. The minimum atomic E-state index is -3.02. The van der Waals surface area contributed by atoms with E-state index in [9.17, 15) is 18.4 Å². The van der Waals surface area contributed by atoms with Crippen molar-refractivity contribution in [2.24, 2.45) is 0 Å². The van der Waals surface area contributed by atoms with Crippen LogP contribution in [-0.4, -0.2) is 35.2 Å². The summed E-state index contributed by atoms with van der Waals surface area (Å²) in [6.07, 6.45) is 1.96. The molecule has 1 aliphatic carbocycles. The first-order chi connectivity index (χ1) is 14.8. The lowest BCUT2D eigenvalue weighted by Crippen LogP contribution is -2.21. The number of nitrogens with zero attached hydrogens (tertiary/aromatic N) is 2. The second-order valence-electron chi connectivity index (χ2n) is 6.97. The quantitative estimate of drug-likeness (QED) is 0.529. The first-order valence-electron chi connectivity index (χ1n) is 9.30. The Hall–Kier alpha value is -3.27. The van der Waals surface area contributed by atoms with E-state index in [1.165, 1.54) is 18.2 Å². The van der Waals surface area contributed by atoms with Crippen molar-refractivity contribution in [2.45, 2.75) is 32.3 Å². The molecule has 1 N–H and O–H groups in total. The van der Waals surface area contributed by atoms with E-state index >= 15 is 0 Å². The molecule has 162 valence electrons. The van der Waals surface area contributed by atoms with E-state index in [0.29, 0.717) is 11.1 Å². The number of ether oxygens (including phenoxy) is 2. The van der Waals surface area contributed by atoms with Gasteiger partial charge in [-0.3, -0.25) is 4.79 Å². The molecule has 0 bridgehead atoms. The van der Waals surface area contributed by atoms with Crippen molar-refractivity contribution in [2.75, 3.05) is 11.9 Å². The van der Waals surface area contributed by atoms with Crippen molar-refractivity contribution in [3.8, 4) is 5.75 Å². The molecule has 2 heterocycles. The van der Waals surface area contributed by atoms with Crippen LogP contribution < -0.4 is 10.1 Å². The Morgan fingerprint density at radius 3 is 2.77 bits per heavy atom. The number of fused-ring (bicyclic) bond motifs is 1. The van der Waals surface area contributed by atoms with Crippen LogP contribution in [0.1, 0.15) is 40.5 Å². The zero-order valence-corrected chi connectivity index (χ0v) is 16.9. The van der Waals surface area contributed by atoms with Crippen LogP contribution in [0.5, 0.6) is 5.75 Å². The van der Waals surface area contributed by atoms with Crippen LogP contribution in [0.25, 0.3) is 11.1 Å². The Kier molecular flexibility index (Phi) is 5.73. The van der Waals surface area contributed by atoms with E-state index in [4.69, 9.17) is 20.9 Å². The second kappa shape index (κ2) is 8.46. The van der Waals surface area contributed by atoms with Gasteiger partial charge in [0.05, 0.1) is 21.7 Å². The first kappa shape index (κ1) is 21.0. The Balaban J connectivity index is 1.43. The number of alkyl halides is 2. The van der Waals surface area contributed by atoms with Crippen molar-refractivity contribution in [1.29, 1.82) is 0 Å². The van der Waals surface area contributed by atoms with E-state index in [0.717, 1.165) is 18.5 Å². The summed E-state index contributed by atoms with van der Waals surface area (Å²) in [5.74, 6) is -1.30. The zero-order chi connectivity index (χ0) is 22.1. The van der Waals surface area contributed by atoms with Crippen molar-refractivity contribution < 1.29 is 32.4 Å². The van der Waals surface area contributed by atoms with Gasteiger partial charge >= 0.3 is 12.6 Å². The second-order valence-corrected chi connectivity index (χ2v) is 7.37. The van der Waals surface area contributed by atoms with Crippen molar-refractivity contribution in [3.05, 3.63) is 46.2 Å². The van der Waals surface area contributed by atoms with Gasteiger partial charge < -0.3 is 19.3 Å². The van der Waals surface area contributed by atoms with Crippen molar-refractivity contribution >= 4 is 40.3 Å². The number of hydrogen-bond acceptors (Lipinski definition) is 7. The molecule has 0 radical (unpaired) electrons. The van der Waals surface area contributed by atoms with Gasteiger partial charge in [0.2, 0.25) is 0 Å². The number of hydrogen-bond donors (Lipinski definition) is 1. The van der Waals surface area contributed by atoms with Crippen molar-refractivity contribution in [3.63, 3.8) is 0 Å². The van der Waals surface area contributed by atoms with E-state index < -0.39 is 25.1 Å². The minimum Gasteiger partial charge on any atom is -0.452 e. The molecule has 11 heteroatoms. The SMILES string of the molecule is Cc1noc2nc(C3CC3)cc(C(=O)OCC(=O)Nc3ccc(OC(F)F)c(Cl)c3)c12. The summed E-state index contributed by atoms with van der Waals surface area (Å²) in [5, 5.41) is 6.65. The number of rotatable bonds is 7. The number of pyridine rings is 1. The molecule has 1 saturated carbocycles. The first-order valence-corrected chi connectivity index (χ1v) is 9.68. The number of halogens is 3. The standard InChI is InChI=1S/C20H16ClF2N3O5/c1-9-17-12(7-14(10-2-3-10)25-18(17)31-26-9)19(28)29-8-16(27)24-11-4-5-15(13(21)6-11)30-20(22)23/h4-7,10,20H,2-3,8H2,1H3,(H,24,27). The van der Waals surface area contributed by atoms with Gasteiger partial charge in [0.15, 0.2) is 6.61 Å². The Morgan fingerprint density at radius 2 is 2.10 bits per heavy atom. The molecule has 0 unspecified atom stereocenters. The summed E-state index contributed by atoms with van der Waals surface area (Å²) < 4.78 is 39.2. The molecule has 2 aromatic heterocycles. The number of nitrogens with one attached hydrogen (secondary N) is 1. The Bertz CT molecular complexity index is 1160. The van der Waals surface area contributed by atoms with Gasteiger partial charge in [-0.25, -0.2) is 9.78 Å². The molecule has 1 aromatic carbocycles. The fourth-order valence-corrected chi connectivity index (χ4v) is 3.26. The third kappa shape index (κ3) is 4.74. The van der Waals surface area contributed by atoms with Crippen LogP contribution in [0.15, 0.2) is 28.8 Å². The summed E-state index contributed by atoms with van der Waals surface area (Å²) in [5.41, 5.74) is 1.92. The highest BCUT2D eigenvalue weighted by Gasteiger charge is 2.29. The summed E-state index contributed by atoms with van der Waals surface area (Å²) in [7, 11) is 0.